The number of nitrogens with two attached hydrogens (primary N) is 1. The zero-order chi connectivity index (χ0) is 15.5. The summed E-state index contributed by atoms with van der Waals surface area (Å²) >= 11 is 3.37. The van der Waals surface area contributed by atoms with Crippen molar-refractivity contribution in [2.45, 2.75) is 19.0 Å². The van der Waals surface area contributed by atoms with E-state index in [-0.39, 0.29) is 5.78 Å². The first kappa shape index (κ1) is 15.9. The van der Waals surface area contributed by atoms with Gasteiger partial charge >= 0.3 is 0 Å². The Labute approximate surface area is 132 Å². The van der Waals surface area contributed by atoms with Crippen molar-refractivity contribution in [1.29, 1.82) is 0 Å². The minimum Gasteiger partial charge on any atom is -0.383 e. The van der Waals surface area contributed by atoms with Crippen molar-refractivity contribution >= 4 is 21.7 Å². The topological polar surface area (TPSA) is 70.1 Å². The summed E-state index contributed by atoms with van der Waals surface area (Å²) in [6.07, 6.45) is 1.60. The summed E-state index contributed by atoms with van der Waals surface area (Å²) in [4.78, 5) is 12.9. The van der Waals surface area contributed by atoms with E-state index in [1.54, 1.807) is 24.9 Å². The Balaban J connectivity index is 2.38. The van der Waals surface area contributed by atoms with Gasteiger partial charge in [0.2, 0.25) is 5.78 Å². The van der Waals surface area contributed by atoms with Gasteiger partial charge < -0.3 is 10.5 Å². The molecule has 2 rings (SSSR count). The first-order chi connectivity index (χ1) is 9.98. The number of benzene rings is 1. The first-order valence-corrected chi connectivity index (χ1v) is 7.37. The van der Waals surface area contributed by atoms with Crippen LogP contribution in [0.2, 0.25) is 0 Å². The largest absolute Gasteiger partial charge is 0.383 e. The van der Waals surface area contributed by atoms with Crippen LogP contribution in [0.4, 0.5) is 0 Å². The third-order valence-corrected chi connectivity index (χ3v) is 3.94. The molecule has 0 spiro atoms. The number of ketones is 1. The lowest BCUT2D eigenvalue weighted by Crippen LogP contribution is -2.43. The number of nitrogens with zero attached hydrogens (tertiary/aromatic N) is 2. The van der Waals surface area contributed by atoms with E-state index in [1.165, 1.54) is 0 Å². The smallest absolute Gasteiger partial charge is 0.205 e. The zero-order valence-corrected chi connectivity index (χ0v) is 13.6. The fourth-order valence-electron chi connectivity index (χ4n) is 2.10. The number of aromatic nitrogens is 2. The summed E-state index contributed by atoms with van der Waals surface area (Å²) in [5, 5.41) is 4.19. The van der Waals surface area contributed by atoms with Crippen molar-refractivity contribution in [1.82, 2.24) is 9.78 Å². The van der Waals surface area contributed by atoms with Crippen LogP contribution in [0.1, 0.15) is 23.0 Å². The highest BCUT2D eigenvalue weighted by Gasteiger charge is 2.34. The second-order valence-corrected chi connectivity index (χ2v) is 5.81. The quantitative estimate of drug-likeness (QED) is 0.811. The first-order valence-electron chi connectivity index (χ1n) is 6.58. The van der Waals surface area contributed by atoms with Crippen molar-refractivity contribution < 1.29 is 9.53 Å². The van der Waals surface area contributed by atoms with Crippen LogP contribution in [0.15, 0.2) is 41.0 Å². The maximum Gasteiger partial charge on any atom is 0.205 e. The van der Waals surface area contributed by atoms with Crippen LogP contribution in [0, 0.1) is 0 Å². The van der Waals surface area contributed by atoms with Gasteiger partial charge in [-0.2, -0.15) is 5.10 Å². The average Bonchev–Trinajstić information content (AvgIpc) is 2.86. The highest BCUT2D eigenvalue weighted by atomic mass is 79.9. The highest BCUT2D eigenvalue weighted by molar-refractivity contribution is 9.10. The van der Waals surface area contributed by atoms with Crippen LogP contribution < -0.4 is 5.73 Å². The molecule has 1 heterocycles. The zero-order valence-electron chi connectivity index (χ0n) is 12.0. The Hall–Kier alpha value is -1.50. The van der Waals surface area contributed by atoms with Gasteiger partial charge in [-0.1, -0.05) is 30.3 Å². The number of carbonyl (C=O) groups excluding carboxylic acids is 1. The van der Waals surface area contributed by atoms with Crippen LogP contribution in [-0.4, -0.2) is 29.3 Å². The molecule has 5 nitrogen and oxygen atoms in total. The normalized spacial score (nSPS) is 13.9. The van der Waals surface area contributed by atoms with Crippen molar-refractivity contribution in [3.63, 3.8) is 0 Å². The van der Waals surface area contributed by atoms with Crippen LogP contribution in [-0.2, 0) is 16.8 Å². The minimum atomic E-state index is -1.12. The Morgan fingerprint density at radius 2 is 2.10 bits per heavy atom. The number of carbonyl (C=O) groups is 1. The van der Waals surface area contributed by atoms with Crippen molar-refractivity contribution in [2.75, 3.05) is 13.7 Å². The molecule has 1 atom stereocenters. The third kappa shape index (κ3) is 3.23. The SMILES string of the molecule is COCCn1ncc(Br)c1C(=O)C(C)(N)c1ccccc1. The van der Waals surface area contributed by atoms with Gasteiger partial charge in [0.25, 0.3) is 0 Å². The molecular formula is C15H18BrN3O2. The highest BCUT2D eigenvalue weighted by Crippen LogP contribution is 2.26. The number of halogens is 1. The molecule has 112 valence electrons. The molecule has 2 aromatic rings. The Morgan fingerprint density at radius 3 is 2.71 bits per heavy atom. The Kier molecular flexibility index (Phi) is 4.92. The van der Waals surface area contributed by atoms with Crippen molar-refractivity contribution in [3.8, 4) is 0 Å². The van der Waals surface area contributed by atoms with Gasteiger partial charge in [-0.25, -0.2) is 0 Å². The van der Waals surface area contributed by atoms with E-state index in [0.29, 0.717) is 23.3 Å². The molecular weight excluding hydrogens is 334 g/mol. The predicted octanol–water partition coefficient (Wildman–Crippen LogP) is 2.35. The van der Waals surface area contributed by atoms with Crippen molar-refractivity contribution in [3.05, 3.63) is 52.3 Å². The second kappa shape index (κ2) is 6.51. The average molecular weight is 352 g/mol. The van der Waals surface area contributed by atoms with Crippen molar-refractivity contribution in [2.24, 2.45) is 5.73 Å². The lowest BCUT2D eigenvalue weighted by atomic mass is 9.87. The summed E-state index contributed by atoms with van der Waals surface area (Å²) < 4.78 is 7.29. The summed E-state index contributed by atoms with van der Waals surface area (Å²) in [7, 11) is 1.61. The number of rotatable bonds is 6. The van der Waals surface area contributed by atoms with E-state index < -0.39 is 5.54 Å². The molecule has 2 N–H and O–H groups in total. The number of hydrogen-bond acceptors (Lipinski definition) is 4. The molecule has 0 saturated carbocycles. The van der Waals surface area contributed by atoms with Gasteiger partial charge in [-0.05, 0) is 28.4 Å². The molecule has 0 bridgehead atoms. The molecule has 1 aromatic carbocycles. The van der Waals surface area contributed by atoms with E-state index in [0.717, 1.165) is 5.56 Å². The van der Waals surface area contributed by atoms with Crippen LogP contribution in [0.5, 0.6) is 0 Å². The molecule has 0 radical (unpaired) electrons. The summed E-state index contributed by atoms with van der Waals surface area (Å²) in [5.41, 5.74) is 6.40. The van der Waals surface area contributed by atoms with Gasteiger partial charge in [0.15, 0.2) is 0 Å². The maximum absolute atomic E-state index is 12.9. The fraction of sp³-hybridized carbons (Fsp3) is 0.333. The van der Waals surface area contributed by atoms with E-state index >= 15 is 0 Å². The van der Waals surface area contributed by atoms with Gasteiger partial charge in [-0.3, -0.25) is 9.48 Å². The number of hydrogen-bond donors (Lipinski definition) is 1. The number of ether oxygens (including phenoxy) is 1. The van der Waals surface area contributed by atoms with Crippen LogP contribution in [0.3, 0.4) is 0 Å². The van der Waals surface area contributed by atoms with E-state index in [9.17, 15) is 4.79 Å². The predicted molar refractivity (Wildman–Crippen MR) is 84.1 cm³/mol. The molecule has 0 aliphatic carbocycles. The molecule has 0 saturated heterocycles. The molecule has 1 unspecified atom stereocenters. The molecule has 6 heteroatoms. The maximum atomic E-state index is 12.9. The lowest BCUT2D eigenvalue weighted by molar-refractivity contribution is 0.0884. The van der Waals surface area contributed by atoms with Crippen LogP contribution >= 0.6 is 15.9 Å². The van der Waals surface area contributed by atoms with Gasteiger partial charge in [-0.15, -0.1) is 0 Å². The molecule has 21 heavy (non-hydrogen) atoms. The monoisotopic (exact) mass is 351 g/mol. The van der Waals surface area contributed by atoms with E-state index in [2.05, 4.69) is 21.0 Å². The Morgan fingerprint density at radius 1 is 1.43 bits per heavy atom. The molecule has 0 aliphatic rings. The standard InChI is InChI=1S/C15H18BrN3O2/c1-15(17,11-6-4-3-5-7-11)14(20)13-12(16)10-18-19(13)8-9-21-2/h3-7,10H,8-9,17H2,1-2H3. The van der Waals surface area contributed by atoms with E-state index in [4.69, 9.17) is 10.5 Å². The van der Waals surface area contributed by atoms with Gasteiger partial charge in [0, 0.05) is 7.11 Å². The minimum absolute atomic E-state index is 0.186. The molecule has 0 amide bonds. The number of Topliss-reactive ketones (excluding diaryl/α,β-unsaturated/α-hetero) is 1. The second-order valence-electron chi connectivity index (χ2n) is 4.95. The fourth-order valence-corrected chi connectivity index (χ4v) is 2.57. The molecule has 0 aliphatic heterocycles. The lowest BCUT2D eigenvalue weighted by Gasteiger charge is -2.24. The van der Waals surface area contributed by atoms with E-state index in [1.807, 2.05) is 30.3 Å². The summed E-state index contributed by atoms with van der Waals surface area (Å²) in [6, 6.07) is 9.32. The molecule has 0 fully saturated rings. The van der Waals surface area contributed by atoms with Gasteiger partial charge in [0.1, 0.15) is 11.2 Å². The number of methoxy groups -OCH3 is 1. The molecule has 1 aromatic heterocycles. The van der Waals surface area contributed by atoms with Gasteiger partial charge in [0.05, 0.1) is 23.8 Å². The van der Waals surface area contributed by atoms with Crippen LogP contribution in [0.25, 0.3) is 0 Å². The Bertz CT molecular complexity index is 623. The summed E-state index contributed by atoms with van der Waals surface area (Å²) in [6.45, 7) is 2.68. The summed E-state index contributed by atoms with van der Waals surface area (Å²) in [5.74, 6) is -0.186. The third-order valence-electron chi connectivity index (χ3n) is 3.36.